The zero-order valence-electron chi connectivity index (χ0n) is 16.1. The van der Waals surface area contributed by atoms with Gasteiger partial charge in [0.15, 0.2) is 11.6 Å². The van der Waals surface area contributed by atoms with E-state index in [1.165, 1.54) is 6.20 Å². The summed E-state index contributed by atoms with van der Waals surface area (Å²) in [6, 6.07) is 1.33. The lowest BCUT2D eigenvalue weighted by Gasteiger charge is -2.35. The standard InChI is InChI=1S/C17H22F3N5O2.C2H2/c1-8(2)14(26)16-24-12(7-25(16)11-4-10(21)5-11)9-3-13(15(22)23-6-9)27-17(18,19)20;1-2/h3,6-8,10-11,14,26H,4-5,21H2,1-2H3,(H2,22,23);1-2H. The lowest BCUT2D eigenvalue weighted by atomic mass is 9.87. The van der Waals surface area contributed by atoms with Crippen molar-refractivity contribution >= 4 is 5.82 Å². The number of halogens is 3. The van der Waals surface area contributed by atoms with Gasteiger partial charge in [-0.25, -0.2) is 9.97 Å². The molecule has 1 aliphatic rings. The first-order chi connectivity index (χ1) is 13.5. The second kappa shape index (κ2) is 8.71. The van der Waals surface area contributed by atoms with Crippen molar-refractivity contribution in [2.45, 2.75) is 51.2 Å². The third kappa shape index (κ3) is 5.19. The number of anilines is 1. The fourth-order valence-corrected chi connectivity index (χ4v) is 3.02. The van der Waals surface area contributed by atoms with Gasteiger partial charge in [0.1, 0.15) is 11.9 Å². The molecule has 1 aliphatic carbocycles. The van der Waals surface area contributed by atoms with Crippen LogP contribution in [0.25, 0.3) is 11.3 Å². The Morgan fingerprint density at radius 3 is 2.45 bits per heavy atom. The van der Waals surface area contributed by atoms with Crippen LogP contribution in [0.5, 0.6) is 5.75 Å². The van der Waals surface area contributed by atoms with E-state index >= 15 is 0 Å². The van der Waals surface area contributed by atoms with Crippen LogP contribution in [-0.2, 0) is 0 Å². The SMILES string of the molecule is C#C.CC(C)C(O)c1nc(-c2cnc(N)c(OC(F)(F)F)c2)cn1C1CC(N)C1. The van der Waals surface area contributed by atoms with E-state index in [4.69, 9.17) is 11.5 Å². The number of nitrogen functional groups attached to an aromatic ring is 1. The van der Waals surface area contributed by atoms with E-state index in [0.717, 1.165) is 18.9 Å². The predicted octanol–water partition coefficient (Wildman–Crippen LogP) is 3.03. The molecule has 158 valence electrons. The predicted molar refractivity (Wildman–Crippen MR) is 102 cm³/mol. The zero-order valence-corrected chi connectivity index (χ0v) is 16.1. The molecule has 1 saturated carbocycles. The monoisotopic (exact) mass is 411 g/mol. The first-order valence-corrected chi connectivity index (χ1v) is 8.92. The first-order valence-electron chi connectivity index (χ1n) is 8.92. The minimum absolute atomic E-state index is 0.0820. The van der Waals surface area contributed by atoms with Gasteiger partial charge in [-0.05, 0) is 24.8 Å². The van der Waals surface area contributed by atoms with Crippen LogP contribution in [0.4, 0.5) is 19.0 Å². The molecular weight excluding hydrogens is 387 g/mol. The molecule has 1 fully saturated rings. The highest BCUT2D eigenvalue weighted by Gasteiger charge is 2.34. The Hall–Kier alpha value is -2.77. The number of alkyl halides is 3. The maximum atomic E-state index is 12.5. The van der Waals surface area contributed by atoms with Crippen molar-refractivity contribution in [1.29, 1.82) is 0 Å². The highest BCUT2D eigenvalue weighted by Crippen LogP contribution is 2.37. The summed E-state index contributed by atoms with van der Waals surface area (Å²) in [5.74, 6) is -0.595. The molecule has 0 saturated heterocycles. The minimum Gasteiger partial charge on any atom is -0.402 e. The average Bonchev–Trinajstić information content (AvgIpc) is 3.05. The highest BCUT2D eigenvalue weighted by molar-refractivity contribution is 5.63. The van der Waals surface area contributed by atoms with Crippen LogP contribution >= 0.6 is 0 Å². The van der Waals surface area contributed by atoms with Crippen LogP contribution < -0.4 is 16.2 Å². The number of aromatic nitrogens is 3. The molecule has 1 atom stereocenters. The van der Waals surface area contributed by atoms with E-state index in [1.807, 2.05) is 18.4 Å². The topological polar surface area (TPSA) is 112 Å². The normalized spacial score (nSPS) is 19.8. The van der Waals surface area contributed by atoms with Gasteiger partial charge in [-0.15, -0.1) is 26.0 Å². The summed E-state index contributed by atoms with van der Waals surface area (Å²) in [6.45, 7) is 3.71. The lowest BCUT2D eigenvalue weighted by molar-refractivity contribution is -0.274. The Morgan fingerprint density at radius 1 is 1.31 bits per heavy atom. The summed E-state index contributed by atoms with van der Waals surface area (Å²) < 4.78 is 43.4. The van der Waals surface area contributed by atoms with E-state index in [-0.39, 0.29) is 23.8 Å². The summed E-state index contributed by atoms with van der Waals surface area (Å²) in [5.41, 5.74) is 12.0. The molecule has 7 nitrogen and oxygen atoms in total. The molecule has 1 unspecified atom stereocenters. The quantitative estimate of drug-likeness (QED) is 0.652. The molecule has 29 heavy (non-hydrogen) atoms. The third-order valence-electron chi connectivity index (χ3n) is 4.60. The number of hydrogen-bond donors (Lipinski definition) is 3. The van der Waals surface area contributed by atoms with Crippen molar-refractivity contribution in [3.8, 4) is 29.9 Å². The molecule has 10 heteroatoms. The summed E-state index contributed by atoms with van der Waals surface area (Å²) in [4.78, 5) is 8.22. The molecule has 0 amide bonds. The van der Waals surface area contributed by atoms with Crippen molar-refractivity contribution in [2.75, 3.05) is 5.73 Å². The number of nitrogens with zero attached hydrogens (tertiary/aromatic N) is 3. The number of hydrogen-bond acceptors (Lipinski definition) is 6. The number of rotatable bonds is 5. The minimum atomic E-state index is -4.88. The molecule has 0 aromatic carbocycles. The van der Waals surface area contributed by atoms with Gasteiger partial charge >= 0.3 is 6.36 Å². The molecule has 3 rings (SSSR count). The Balaban J connectivity index is 0.00000145. The van der Waals surface area contributed by atoms with Gasteiger partial charge in [-0.1, -0.05) is 13.8 Å². The fraction of sp³-hybridized carbons (Fsp3) is 0.474. The van der Waals surface area contributed by atoms with Gasteiger partial charge in [0, 0.05) is 30.0 Å². The van der Waals surface area contributed by atoms with Crippen LogP contribution in [0.3, 0.4) is 0 Å². The number of aliphatic hydroxyl groups is 1. The lowest BCUT2D eigenvalue weighted by Crippen LogP contribution is -2.38. The van der Waals surface area contributed by atoms with E-state index in [9.17, 15) is 18.3 Å². The highest BCUT2D eigenvalue weighted by atomic mass is 19.4. The van der Waals surface area contributed by atoms with Crippen LogP contribution in [-0.4, -0.2) is 32.0 Å². The maximum absolute atomic E-state index is 12.5. The smallest absolute Gasteiger partial charge is 0.402 e. The van der Waals surface area contributed by atoms with E-state index in [2.05, 4.69) is 27.6 Å². The van der Waals surface area contributed by atoms with Crippen molar-refractivity contribution in [1.82, 2.24) is 14.5 Å². The Morgan fingerprint density at radius 2 is 1.93 bits per heavy atom. The number of terminal acetylenes is 1. The van der Waals surface area contributed by atoms with Crippen LogP contribution in [0, 0.1) is 18.8 Å². The summed E-state index contributed by atoms with van der Waals surface area (Å²) in [5, 5.41) is 10.5. The maximum Gasteiger partial charge on any atom is 0.573 e. The molecule has 2 aromatic heterocycles. The van der Waals surface area contributed by atoms with Crippen molar-refractivity contribution in [2.24, 2.45) is 11.7 Å². The molecular formula is C19H24F3N5O2. The van der Waals surface area contributed by atoms with E-state index in [0.29, 0.717) is 17.1 Å². The first kappa shape index (κ1) is 22.5. The van der Waals surface area contributed by atoms with Crippen molar-refractivity contribution in [3.05, 3.63) is 24.3 Å². The molecule has 5 N–H and O–H groups in total. The third-order valence-corrected chi connectivity index (χ3v) is 4.60. The molecule has 0 spiro atoms. The average molecular weight is 411 g/mol. The number of ether oxygens (including phenoxy) is 1. The number of pyridine rings is 1. The van der Waals surface area contributed by atoms with Gasteiger partial charge < -0.3 is 25.9 Å². The van der Waals surface area contributed by atoms with Gasteiger partial charge in [0.2, 0.25) is 0 Å². The Labute approximate surface area is 166 Å². The molecule has 0 aliphatic heterocycles. The second-order valence-corrected chi connectivity index (χ2v) is 7.12. The van der Waals surface area contributed by atoms with Crippen molar-refractivity contribution < 1.29 is 23.0 Å². The van der Waals surface area contributed by atoms with Crippen LogP contribution in [0.1, 0.15) is 44.7 Å². The Bertz CT molecular complexity index is 857. The molecule has 2 heterocycles. The van der Waals surface area contributed by atoms with Gasteiger partial charge in [-0.3, -0.25) is 0 Å². The van der Waals surface area contributed by atoms with Gasteiger partial charge in [-0.2, -0.15) is 0 Å². The molecule has 0 bridgehead atoms. The number of aliphatic hydroxyl groups excluding tert-OH is 1. The van der Waals surface area contributed by atoms with Gasteiger partial charge in [0.25, 0.3) is 0 Å². The summed E-state index contributed by atoms with van der Waals surface area (Å²) in [6.07, 6.45) is 6.81. The summed E-state index contributed by atoms with van der Waals surface area (Å²) >= 11 is 0. The largest absolute Gasteiger partial charge is 0.573 e. The summed E-state index contributed by atoms with van der Waals surface area (Å²) in [7, 11) is 0. The van der Waals surface area contributed by atoms with Crippen LogP contribution in [0.15, 0.2) is 18.5 Å². The second-order valence-electron chi connectivity index (χ2n) is 7.12. The Kier molecular flexibility index (Phi) is 6.77. The van der Waals surface area contributed by atoms with Gasteiger partial charge in [0.05, 0.1) is 5.69 Å². The van der Waals surface area contributed by atoms with Crippen molar-refractivity contribution in [3.63, 3.8) is 0 Å². The molecule has 2 aromatic rings. The number of nitrogens with two attached hydrogens (primary N) is 2. The number of imidazole rings is 1. The fourth-order valence-electron chi connectivity index (χ4n) is 3.02. The van der Waals surface area contributed by atoms with E-state index < -0.39 is 18.2 Å². The van der Waals surface area contributed by atoms with Crippen LogP contribution in [0.2, 0.25) is 0 Å². The zero-order chi connectivity index (χ0) is 21.9. The van der Waals surface area contributed by atoms with E-state index in [1.54, 1.807) is 6.20 Å². The molecule has 0 radical (unpaired) electrons.